The van der Waals surface area contributed by atoms with Crippen LogP contribution in [0.25, 0.3) is 0 Å². The van der Waals surface area contributed by atoms with E-state index >= 15 is 0 Å². The molecule has 1 saturated carbocycles. The molecule has 1 heterocycles. The zero-order valence-corrected chi connectivity index (χ0v) is 9.81. The van der Waals surface area contributed by atoms with Crippen molar-refractivity contribution >= 4 is 11.8 Å². The molecular formula is C12H16N2O3. The number of nitrogens with one attached hydrogen (secondary N) is 1. The van der Waals surface area contributed by atoms with Gasteiger partial charge in [-0.15, -0.1) is 0 Å². The van der Waals surface area contributed by atoms with Crippen molar-refractivity contribution in [2.45, 2.75) is 25.8 Å². The lowest BCUT2D eigenvalue weighted by molar-refractivity contribution is -0.129. The van der Waals surface area contributed by atoms with Crippen LogP contribution in [0, 0.1) is 0 Å². The van der Waals surface area contributed by atoms with Crippen LogP contribution in [0.5, 0.6) is 0 Å². The largest absolute Gasteiger partial charge is 0.459 e. The molecule has 92 valence electrons. The second-order valence-corrected chi connectivity index (χ2v) is 4.18. The van der Waals surface area contributed by atoms with Crippen molar-refractivity contribution in [2.24, 2.45) is 0 Å². The fourth-order valence-electron chi connectivity index (χ4n) is 1.77. The Morgan fingerprint density at radius 1 is 1.53 bits per heavy atom. The van der Waals surface area contributed by atoms with Crippen molar-refractivity contribution < 1.29 is 14.0 Å². The molecular weight excluding hydrogens is 220 g/mol. The minimum Gasteiger partial charge on any atom is -0.459 e. The highest BCUT2D eigenvalue weighted by molar-refractivity contribution is 5.91. The molecule has 1 aliphatic carbocycles. The maximum atomic E-state index is 11.5. The van der Waals surface area contributed by atoms with Gasteiger partial charge in [-0.3, -0.25) is 9.59 Å². The number of amides is 2. The van der Waals surface area contributed by atoms with Crippen molar-refractivity contribution in [3.05, 3.63) is 24.2 Å². The molecule has 0 saturated heterocycles. The van der Waals surface area contributed by atoms with E-state index in [4.69, 9.17) is 4.42 Å². The van der Waals surface area contributed by atoms with Crippen LogP contribution in [0.4, 0.5) is 0 Å². The first kappa shape index (κ1) is 11.7. The molecule has 1 aliphatic rings. The second kappa shape index (κ2) is 5.03. The molecule has 1 fully saturated rings. The third-order valence-corrected chi connectivity index (χ3v) is 2.78. The van der Waals surface area contributed by atoms with Gasteiger partial charge in [-0.1, -0.05) is 0 Å². The Balaban J connectivity index is 1.75. The normalized spacial score (nSPS) is 14.4. The fraction of sp³-hybridized carbons (Fsp3) is 0.500. The first-order valence-electron chi connectivity index (χ1n) is 5.77. The van der Waals surface area contributed by atoms with E-state index in [-0.39, 0.29) is 11.8 Å². The van der Waals surface area contributed by atoms with E-state index in [1.54, 1.807) is 19.1 Å². The lowest BCUT2D eigenvalue weighted by Gasteiger charge is -2.20. The summed E-state index contributed by atoms with van der Waals surface area (Å²) in [5.41, 5.74) is 0. The van der Waals surface area contributed by atoms with Crippen LogP contribution in [0.15, 0.2) is 22.8 Å². The Labute approximate surface area is 99.8 Å². The van der Waals surface area contributed by atoms with Crippen LogP contribution in [0.1, 0.15) is 30.3 Å². The summed E-state index contributed by atoms with van der Waals surface area (Å²) < 4.78 is 4.97. The number of nitrogens with zero attached hydrogens (tertiary/aromatic N) is 1. The van der Waals surface area contributed by atoms with E-state index < -0.39 is 0 Å². The molecule has 0 unspecified atom stereocenters. The predicted molar refractivity (Wildman–Crippen MR) is 61.5 cm³/mol. The minimum atomic E-state index is -0.241. The van der Waals surface area contributed by atoms with Crippen LogP contribution < -0.4 is 5.32 Å². The van der Waals surface area contributed by atoms with Gasteiger partial charge < -0.3 is 14.6 Å². The summed E-state index contributed by atoms with van der Waals surface area (Å²) in [6, 6.07) is 3.66. The Morgan fingerprint density at radius 3 is 2.82 bits per heavy atom. The molecule has 1 N–H and O–H groups in total. The van der Waals surface area contributed by atoms with E-state index in [1.807, 2.05) is 4.90 Å². The van der Waals surface area contributed by atoms with Crippen molar-refractivity contribution in [1.29, 1.82) is 0 Å². The lowest BCUT2D eigenvalue weighted by Crippen LogP contribution is -2.38. The molecule has 0 spiro atoms. The molecule has 0 bridgehead atoms. The van der Waals surface area contributed by atoms with Crippen LogP contribution in [0.2, 0.25) is 0 Å². The average Bonchev–Trinajstić information content (AvgIpc) is 2.96. The van der Waals surface area contributed by atoms with Gasteiger partial charge in [0.2, 0.25) is 5.91 Å². The molecule has 0 atom stereocenters. The summed E-state index contributed by atoms with van der Waals surface area (Å²) in [6.45, 7) is 2.58. The summed E-state index contributed by atoms with van der Waals surface area (Å²) in [4.78, 5) is 24.7. The summed E-state index contributed by atoms with van der Waals surface area (Å²) in [5.74, 6) is 0.125. The lowest BCUT2D eigenvalue weighted by atomic mass is 10.4. The number of carbonyl (C=O) groups is 2. The molecule has 0 aromatic carbocycles. The molecule has 1 aromatic rings. The van der Waals surface area contributed by atoms with Crippen LogP contribution >= 0.6 is 0 Å². The molecule has 0 aliphatic heterocycles. The van der Waals surface area contributed by atoms with Crippen molar-refractivity contribution in [1.82, 2.24) is 10.2 Å². The van der Waals surface area contributed by atoms with Gasteiger partial charge in [-0.05, 0) is 25.0 Å². The smallest absolute Gasteiger partial charge is 0.287 e. The van der Waals surface area contributed by atoms with Crippen LogP contribution in [-0.2, 0) is 4.79 Å². The Bertz CT molecular complexity index is 396. The zero-order chi connectivity index (χ0) is 12.3. The van der Waals surface area contributed by atoms with Crippen molar-refractivity contribution in [3.63, 3.8) is 0 Å². The molecule has 2 rings (SSSR count). The zero-order valence-electron chi connectivity index (χ0n) is 9.81. The topological polar surface area (TPSA) is 62.6 Å². The average molecular weight is 236 g/mol. The Kier molecular flexibility index (Phi) is 3.46. The number of hydrogen-bond acceptors (Lipinski definition) is 3. The Hall–Kier alpha value is -1.78. The monoisotopic (exact) mass is 236 g/mol. The second-order valence-electron chi connectivity index (χ2n) is 4.18. The van der Waals surface area contributed by atoms with Gasteiger partial charge in [0.25, 0.3) is 5.91 Å². The fourth-order valence-corrected chi connectivity index (χ4v) is 1.77. The van der Waals surface area contributed by atoms with E-state index in [0.717, 1.165) is 12.8 Å². The Morgan fingerprint density at radius 2 is 2.29 bits per heavy atom. The highest BCUT2D eigenvalue weighted by atomic mass is 16.3. The molecule has 0 radical (unpaired) electrons. The minimum absolute atomic E-state index is 0.0692. The molecule has 5 heteroatoms. The van der Waals surface area contributed by atoms with E-state index in [0.29, 0.717) is 24.9 Å². The van der Waals surface area contributed by atoms with Crippen molar-refractivity contribution in [3.8, 4) is 0 Å². The third kappa shape index (κ3) is 3.09. The van der Waals surface area contributed by atoms with Gasteiger partial charge in [0, 0.05) is 26.1 Å². The summed E-state index contributed by atoms with van der Waals surface area (Å²) in [5, 5.41) is 2.73. The molecule has 1 aromatic heterocycles. The molecule has 5 nitrogen and oxygen atoms in total. The van der Waals surface area contributed by atoms with Gasteiger partial charge in [-0.25, -0.2) is 0 Å². The maximum Gasteiger partial charge on any atom is 0.287 e. The van der Waals surface area contributed by atoms with Crippen LogP contribution in [-0.4, -0.2) is 35.8 Å². The van der Waals surface area contributed by atoms with Gasteiger partial charge in [0.15, 0.2) is 5.76 Å². The molecule has 2 amide bonds. The number of furan rings is 1. The first-order chi connectivity index (χ1) is 8.18. The van der Waals surface area contributed by atoms with Crippen LogP contribution in [0.3, 0.4) is 0 Å². The van der Waals surface area contributed by atoms with E-state index in [2.05, 4.69) is 5.32 Å². The predicted octanol–water partition coefficient (Wildman–Crippen LogP) is 1.02. The number of rotatable bonds is 5. The molecule has 17 heavy (non-hydrogen) atoms. The van der Waals surface area contributed by atoms with Gasteiger partial charge in [0.1, 0.15) is 0 Å². The standard InChI is InChI=1S/C12H16N2O3/c1-9(15)14(10-4-5-10)7-6-13-12(16)11-3-2-8-17-11/h2-3,8,10H,4-7H2,1H3,(H,13,16). The van der Waals surface area contributed by atoms with Gasteiger partial charge in [0.05, 0.1) is 6.26 Å². The summed E-state index contributed by atoms with van der Waals surface area (Å²) in [6.07, 6.45) is 3.61. The highest BCUT2D eigenvalue weighted by Crippen LogP contribution is 2.26. The van der Waals surface area contributed by atoms with E-state index in [1.165, 1.54) is 6.26 Å². The summed E-state index contributed by atoms with van der Waals surface area (Å²) >= 11 is 0. The quantitative estimate of drug-likeness (QED) is 0.830. The van der Waals surface area contributed by atoms with Gasteiger partial charge >= 0.3 is 0 Å². The van der Waals surface area contributed by atoms with Crippen molar-refractivity contribution in [2.75, 3.05) is 13.1 Å². The number of hydrogen-bond donors (Lipinski definition) is 1. The first-order valence-corrected chi connectivity index (χ1v) is 5.77. The highest BCUT2D eigenvalue weighted by Gasteiger charge is 2.30. The van der Waals surface area contributed by atoms with E-state index in [9.17, 15) is 9.59 Å². The maximum absolute atomic E-state index is 11.5. The SMILES string of the molecule is CC(=O)N(CCNC(=O)c1ccco1)C1CC1. The third-order valence-electron chi connectivity index (χ3n) is 2.78. The summed E-state index contributed by atoms with van der Waals surface area (Å²) in [7, 11) is 0. The van der Waals surface area contributed by atoms with Gasteiger partial charge in [-0.2, -0.15) is 0 Å². The number of carbonyl (C=O) groups excluding carboxylic acids is 2.